The van der Waals surface area contributed by atoms with Crippen molar-refractivity contribution >= 4 is 10.9 Å². The minimum atomic E-state index is -0.279. The van der Waals surface area contributed by atoms with Crippen molar-refractivity contribution < 1.29 is 4.39 Å². The maximum Gasteiger partial charge on any atom is 0.252 e. The summed E-state index contributed by atoms with van der Waals surface area (Å²) >= 11 is 0. The zero-order chi connectivity index (χ0) is 25.8. The number of halogens is 1. The highest BCUT2D eigenvalue weighted by Crippen LogP contribution is 2.19. The van der Waals surface area contributed by atoms with Gasteiger partial charge >= 0.3 is 0 Å². The van der Waals surface area contributed by atoms with Crippen LogP contribution in [0.15, 0.2) is 77.6 Å². The number of fused-ring (bicyclic) bond motifs is 1. The summed E-state index contributed by atoms with van der Waals surface area (Å²) < 4.78 is 15.1. The van der Waals surface area contributed by atoms with Crippen LogP contribution in [-0.2, 0) is 26.1 Å². The first-order valence-corrected chi connectivity index (χ1v) is 12.3. The molecular weight excluding hydrogens is 467 g/mol. The van der Waals surface area contributed by atoms with E-state index < -0.39 is 0 Å². The van der Waals surface area contributed by atoms with Gasteiger partial charge in [0.15, 0.2) is 5.82 Å². The molecule has 5 aromatic rings. The molecule has 1 N–H and O–H groups in total. The maximum absolute atomic E-state index is 13.3. The van der Waals surface area contributed by atoms with Gasteiger partial charge in [-0.05, 0) is 77.2 Å². The van der Waals surface area contributed by atoms with Crippen molar-refractivity contribution in [1.29, 1.82) is 0 Å². The molecule has 2 aromatic heterocycles. The molecule has 37 heavy (non-hydrogen) atoms. The van der Waals surface area contributed by atoms with E-state index in [1.54, 1.807) is 16.8 Å². The first kappa shape index (κ1) is 24.5. The number of nitrogens with zero attached hydrogens (tertiary/aromatic N) is 5. The third-order valence-electron chi connectivity index (χ3n) is 6.56. The molecule has 0 spiro atoms. The van der Waals surface area contributed by atoms with Crippen LogP contribution in [0, 0.1) is 19.7 Å². The highest BCUT2D eigenvalue weighted by molar-refractivity contribution is 5.83. The Labute approximate surface area is 214 Å². The van der Waals surface area contributed by atoms with Crippen LogP contribution in [0.4, 0.5) is 4.39 Å². The molecule has 0 amide bonds. The lowest BCUT2D eigenvalue weighted by Gasteiger charge is -2.22. The van der Waals surface area contributed by atoms with Gasteiger partial charge in [0.25, 0.3) is 5.56 Å². The van der Waals surface area contributed by atoms with Gasteiger partial charge in [0, 0.05) is 29.6 Å². The molecule has 7 nitrogen and oxygen atoms in total. The Morgan fingerprint density at radius 3 is 2.51 bits per heavy atom. The van der Waals surface area contributed by atoms with Crippen molar-refractivity contribution in [3.05, 3.63) is 123 Å². The van der Waals surface area contributed by atoms with E-state index in [0.717, 1.165) is 40.6 Å². The number of tetrazole rings is 1. The molecule has 0 aliphatic heterocycles. The van der Waals surface area contributed by atoms with Crippen LogP contribution in [0.1, 0.15) is 33.6 Å². The summed E-state index contributed by atoms with van der Waals surface area (Å²) in [7, 11) is 0. The van der Waals surface area contributed by atoms with Gasteiger partial charge in [0.2, 0.25) is 0 Å². The van der Waals surface area contributed by atoms with Crippen LogP contribution in [-0.4, -0.2) is 36.6 Å². The number of hydrogen-bond acceptors (Lipinski definition) is 5. The summed E-state index contributed by atoms with van der Waals surface area (Å²) in [6.45, 7) is 6.16. The number of aromatic nitrogens is 5. The molecule has 188 valence electrons. The van der Waals surface area contributed by atoms with Crippen molar-refractivity contribution in [3.8, 4) is 0 Å². The van der Waals surface area contributed by atoms with E-state index >= 15 is 0 Å². The number of benzene rings is 3. The Kier molecular flexibility index (Phi) is 7.18. The summed E-state index contributed by atoms with van der Waals surface area (Å²) in [5.41, 5.74) is 5.83. The highest BCUT2D eigenvalue weighted by atomic mass is 19.1. The average Bonchev–Trinajstić information content (AvgIpc) is 3.31. The standard InChI is InChI=1S/C29H29FN6O/c1-20-14-21(2)26-16-24(29(37)31-27(26)15-20)18-35(13-12-22-6-4-3-5-7-22)19-28-32-33-34-36(28)17-23-8-10-25(30)11-9-23/h3-11,14-16H,12-13,17-19H2,1-2H3,(H,31,37). The predicted molar refractivity (Wildman–Crippen MR) is 142 cm³/mol. The second-order valence-electron chi connectivity index (χ2n) is 9.49. The zero-order valence-corrected chi connectivity index (χ0v) is 21.0. The van der Waals surface area contributed by atoms with E-state index in [0.29, 0.717) is 31.0 Å². The van der Waals surface area contributed by atoms with Crippen molar-refractivity contribution in [3.63, 3.8) is 0 Å². The lowest BCUT2D eigenvalue weighted by Crippen LogP contribution is -2.30. The Morgan fingerprint density at radius 2 is 1.73 bits per heavy atom. The second-order valence-corrected chi connectivity index (χ2v) is 9.49. The number of aromatic amines is 1. The third-order valence-corrected chi connectivity index (χ3v) is 6.56. The molecule has 0 aliphatic rings. The molecule has 5 rings (SSSR count). The summed E-state index contributed by atoms with van der Waals surface area (Å²) in [4.78, 5) is 18.3. The number of aryl methyl sites for hydroxylation is 2. The molecular formula is C29H29FN6O. The van der Waals surface area contributed by atoms with Crippen molar-refractivity contribution in [2.24, 2.45) is 0 Å². The SMILES string of the molecule is Cc1cc(C)c2cc(CN(CCc3ccccc3)Cc3nnnn3Cc3ccc(F)cc3)c(=O)[nH]c2c1. The molecule has 3 aromatic carbocycles. The van der Waals surface area contributed by atoms with E-state index in [2.05, 4.69) is 50.5 Å². The number of pyridine rings is 1. The number of nitrogens with one attached hydrogen (secondary N) is 1. The molecule has 0 aliphatic carbocycles. The Balaban J connectivity index is 1.42. The smallest absolute Gasteiger partial charge is 0.252 e. The molecule has 0 saturated carbocycles. The Hall–Kier alpha value is -4.17. The summed E-state index contributed by atoms with van der Waals surface area (Å²) in [6.07, 6.45) is 0.823. The number of hydrogen-bond donors (Lipinski definition) is 1. The Morgan fingerprint density at radius 1 is 0.946 bits per heavy atom. The van der Waals surface area contributed by atoms with Crippen molar-refractivity contribution in [1.82, 2.24) is 30.1 Å². The minimum Gasteiger partial charge on any atom is -0.322 e. The third kappa shape index (κ3) is 5.98. The molecule has 0 saturated heterocycles. The molecule has 0 fully saturated rings. The van der Waals surface area contributed by atoms with Crippen LogP contribution in [0.5, 0.6) is 0 Å². The van der Waals surface area contributed by atoms with Gasteiger partial charge in [-0.1, -0.05) is 48.5 Å². The van der Waals surface area contributed by atoms with Gasteiger partial charge in [0.1, 0.15) is 5.82 Å². The van der Waals surface area contributed by atoms with E-state index in [9.17, 15) is 9.18 Å². The van der Waals surface area contributed by atoms with Crippen LogP contribution in [0.3, 0.4) is 0 Å². The van der Waals surface area contributed by atoms with Crippen LogP contribution in [0.25, 0.3) is 10.9 Å². The van der Waals surface area contributed by atoms with Crippen molar-refractivity contribution in [2.75, 3.05) is 6.54 Å². The number of H-pyrrole nitrogens is 1. The van der Waals surface area contributed by atoms with Gasteiger partial charge in [-0.2, -0.15) is 0 Å². The van der Waals surface area contributed by atoms with Crippen LogP contribution in [0.2, 0.25) is 0 Å². The normalized spacial score (nSPS) is 11.5. The molecule has 0 unspecified atom stereocenters. The molecule has 0 atom stereocenters. The van der Waals surface area contributed by atoms with Gasteiger partial charge in [-0.25, -0.2) is 9.07 Å². The largest absolute Gasteiger partial charge is 0.322 e. The molecule has 8 heteroatoms. The highest BCUT2D eigenvalue weighted by Gasteiger charge is 2.16. The van der Waals surface area contributed by atoms with E-state index in [1.807, 2.05) is 37.3 Å². The lowest BCUT2D eigenvalue weighted by atomic mass is 10.0. The molecule has 0 radical (unpaired) electrons. The van der Waals surface area contributed by atoms with Crippen molar-refractivity contribution in [2.45, 2.75) is 39.9 Å². The first-order chi connectivity index (χ1) is 17.9. The summed E-state index contributed by atoms with van der Waals surface area (Å²) in [5, 5.41) is 13.4. The monoisotopic (exact) mass is 496 g/mol. The van der Waals surface area contributed by atoms with E-state index in [-0.39, 0.29) is 11.4 Å². The van der Waals surface area contributed by atoms with Gasteiger partial charge < -0.3 is 4.98 Å². The van der Waals surface area contributed by atoms with E-state index in [4.69, 9.17) is 0 Å². The molecule has 0 bridgehead atoms. The fourth-order valence-electron chi connectivity index (χ4n) is 4.64. The average molecular weight is 497 g/mol. The van der Waals surface area contributed by atoms with Gasteiger partial charge in [-0.3, -0.25) is 9.69 Å². The quantitative estimate of drug-likeness (QED) is 0.324. The lowest BCUT2D eigenvalue weighted by molar-refractivity contribution is 0.248. The van der Waals surface area contributed by atoms with Gasteiger partial charge in [-0.15, -0.1) is 5.10 Å². The fourth-order valence-corrected chi connectivity index (χ4v) is 4.64. The maximum atomic E-state index is 13.3. The first-order valence-electron chi connectivity index (χ1n) is 12.3. The summed E-state index contributed by atoms with van der Waals surface area (Å²) in [5.74, 6) is 0.403. The van der Waals surface area contributed by atoms with Crippen LogP contribution < -0.4 is 5.56 Å². The predicted octanol–water partition coefficient (Wildman–Crippen LogP) is 4.56. The number of rotatable bonds is 9. The minimum absolute atomic E-state index is 0.0897. The zero-order valence-electron chi connectivity index (χ0n) is 21.0. The van der Waals surface area contributed by atoms with Gasteiger partial charge in [0.05, 0.1) is 13.1 Å². The molecule has 2 heterocycles. The fraction of sp³-hybridized carbons (Fsp3) is 0.241. The van der Waals surface area contributed by atoms with E-state index in [1.165, 1.54) is 17.7 Å². The van der Waals surface area contributed by atoms with Crippen LogP contribution >= 0.6 is 0 Å². The topological polar surface area (TPSA) is 79.7 Å². The Bertz CT molecular complexity index is 1560. The summed E-state index contributed by atoms with van der Waals surface area (Å²) in [6, 6.07) is 22.7. The second kappa shape index (κ2) is 10.8.